The number of hydrogen-bond donors (Lipinski definition) is 1. The summed E-state index contributed by atoms with van der Waals surface area (Å²) in [7, 11) is 1.52. The van der Waals surface area contributed by atoms with Gasteiger partial charge in [-0.3, -0.25) is 4.79 Å². The third-order valence-electron chi connectivity index (χ3n) is 2.53. The largest absolute Gasteiger partial charge is 0.496 e. The van der Waals surface area contributed by atoms with E-state index in [2.05, 4.69) is 5.32 Å². The number of hydrogen-bond acceptors (Lipinski definition) is 2. The summed E-state index contributed by atoms with van der Waals surface area (Å²) in [5.74, 6) is 0.246. The first kappa shape index (κ1) is 13.7. The molecule has 0 unspecified atom stereocenters. The summed E-state index contributed by atoms with van der Waals surface area (Å²) in [4.78, 5) is 12.1. The fourth-order valence-electron chi connectivity index (χ4n) is 1.60. The average Bonchev–Trinajstić information content (AvgIpc) is 2.43. The molecule has 0 aliphatic rings. The van der Waals surface area contributed by atoms with Crippen LogP contribution < -0.4 is 10.1 Å². The summed E-state index contributed by atoms with van der Waals surface area (Å²) in [6.07, 6.45) is 0. The highest BCUT2D eigenvalue weighted by Gasteiger charge is 2.12. The van der Waals surface area contributed by atoms with E-state index in [4.69, 9.17) is 27.9 Å². The number of carbonyl (C=O) groups is 1. The second kappa shape index (κ2) is 5.95. The van der Waals surface area contributed by atoms with Gasteiger partial charge in [-0.05, 0) is 30.3 Å². The van der Waals surface area contributed by atoms with Crippen LogP contribution in [-0.4, -0.2) is 13.0 Å². The Balaban J connectivity index is 2.23. The Labute approximate surface area is 121 Å². The number of carbonyl (C=O) groups excluding carboxylic acids is 1. The number of ether oxygens (including phenoxy) is 1. The molecule has 0 heterocycles. The maximum atomic E-state index is 12.1. The average molecular weight is 296 g/mol. The molecule has 1 amide bonds. The van der Waals surface area contributed by atoms with E-state index in [-0.39, 0.29) is 5.91 Å². The Morgan fingerprint density at radius 1 is 1.11 bits per heavy atom. The van der Waals surface area contributed by atoms with Crippen molar-refractivity contribution in [2.45, 2.75) is 0 Å². The van der Waals surface area contributed by atoms with Crippen molar-refractivity contribution in [2.75, 3.05) is 12.4 Å². The van der Waals surface area contributed by atoms with Crippen molar-refractivity contribution >= 4 is 34.8 Å². The van der Waals surface area contributed by atoms with Crippen molar-refractivity contribution in [1.82, 2.24) is 0 Å². The lowest BCUT2D eigenvalue weighted by Crippen LogP contribution is -2.13. The van der Waals surface area contributed by atoms with Crippen LogP contribution in [0, 0.1) is 0 Å². The normalized spacial score (nSPS) is 10.1. The summed E-state index contributed by atoms with van der Waals surface area (Å²) in [5, 5.41) is 3.57. The van der Waals surface area contributed by atoms with Crippen LogP contribution in [0.3, 0.4) is 0 Å². The highest BCUT2D eigenvalue weighted by Crippen LogP contribution is 2.26. The Morgan fingerprint density at radius 3 is 2.53 bits per heavy atom. The maximum absolute atomic E-state index is 12.1. The third-order valence-corrected chi connectivity index (χ3v) is 3.27. The minimum absolute atomic E-state index is 0.268. The molecule has 3 nitrogen and oxygen atoms in total. The summed E-state index contributed by atoms with van der Waals surface area (Å²) in [5.41, 5.74) is 1.03. The molecule has 0 radical (unpaired) electrons. The van der Waals surface area contributed by atoms with Crippen molar-refractivity contribution in [3.8, 4) is 5.75 Å². The topological polar surface area (TPSA) is 38.3 Å². The highest BCUT2D eigenvalue weighted by atomic mass is 35.5. The van der Waals surface area contributed by atoms with Crippen molar-refractivity contribution in [2.24, 2.45) is 0 Å². The second-order valence-corrected chi connectivity index (χ2v) is 4.60. The van der Waals surface area contributed by atoms with E-state index in [1.807, 2.05) is 0 Å². The van der Waals surface area contributed by atoms with Crippen LogP contribution >= 0.6 is 23.2 Å². The first-order valence-electron chi connectivity index (χ1n) is 5.51. The van der Waals surface area contributed by atoms with Gasteiger partial charge in [-0.25, -0.2) is 0 Å². The van der Waals surface area contributed by atoms with Gasteiger partial charge in [0.1, 0.15) is 5.75 Å². The van der Waals surface area contributed by atoms with Crippen LogP contribution in [0.15, 0.2) is 42.5 Å². The zero-order valence-corrected chi connectivity index (χ0v) is 11.6. The van der Waals surface area contributed by atoms with Crippen molar-refractivity contribution < 1.29 is 9.53 Å². The molecule has 5 heteroatoms. The van der Waals surface area contributed by atoms with Crippen molar-refractivity contribution in [3.63, 3.8) is 0 Å². The standard InChI is InChI=1S/C14H11Cl2NO2/c1-19-13-5-3-2-4-10(13)14(18)17-9-6-7-11(15)12(16)8-9/h2-8H,1H3,(H,17,18). The van der Waals surface area contributed by atoms with Gasteiger partial charge in [-0.2, -0.15) is 0 Å². The molecule has 0 saturated heterocycles. The highest BCUT2D eigenvalue weighted by molar-refractivity contribution is 6.42. The van der Waals surface area contributed by atoms with Gasteiger partial charge in [-0.1, -0.05) is 35.3 Å². The van der Waals surface area contributed by atoms with E-state index < -0.39 is 0 Å². The van der Waals surface area contributed by atoms with Gasteiger partial charge in [-0.15, -0.1) is 0 Å². The monoisotopic (exact) mass is 295 g/mol. The van der Waals surface area contributed by atoms with Crippen LogP contribution in [0.1, 0.15) is 10.4 Å². The third kappa shape index (κ3) is 3.19. The number of anilines is 1. The molecular formula is C14H11Cl2NO2. The van der Waals surface area contributed by atoms with E-state index in [9.17, 15) is 4.79 Å². The lowest BCUT2D eigenvalue weighted by Gasteiger charge is -2.09. The molecule has 98 valence electrons. The molecule has 0 aliphatic carbocycles. The van der Waals surface area contributed by atoms with Gasteiger partial charge in [0.05, 0.1) is 22.7 Å². The lowest BCUT2D eigenvalue weighted by atomic mass is 10.2. The van der Waals surface area contributed by atoms with Gasteiger partial charge < -0.3 is 10.1 Å². The van der Waals surface area contributed by atoms with E-state index in [1.165, 1.54) is 7.11 Å². The van der Waals surface area contributed by atoms with Crippen LogP contribution in [0.2, 0.25) is 10.0 Å². The van der Waals surface area contributed by atoms with Crippen LogP contribution in [-0.2, 0) is 0 Å². The zero-order valence-electron chi connectivity index (χ0n) is 10.1. The Kier molecular flexibility index (Phi) is 4.30. The number of halogens is 2. The first-order valence-corrected chi connectivity index (χ1v) is 6.27. The van der Waals surface area contributed by atoms with Crippen LogP contribution in [0.25, 0.3) is 0 Å². The Morgan fingerprint density at radius 2 is 1.84 bits per heavy atom. The lowest BCUT2D eigenvalue weighted by molar-refractivity contribution is 0.102. The molecular weight excluding hydrogens is 285 g/mol. The SMILES string of the molecule is COc1ccccc1C(=O)Nc1ccc(Cl)c(Cl)c1. The van der Waals surface area contributed by atoms with Gasteiger partial charge in [0.15, 0.2) is 0 Å². The predicted molar refractivity (Wildman–Crippen MR) is 77.4 cm³/mol. The number of rotatable bonds is 3. The molecule has 0 aliphatic heterocycles. The number of methoxy groups -OCH3 is 1. The van der Waals surface area contributed by atoms with E-state index in [1.54, 1.807) is 42.5 Å². The number of benzene rings is 2. The molecule has 0 saturated carbocycles. The molecule has 0 atom stereocenters. The quantitative estimate of drug-likeness (QED) is 0.919. The molecule has 0 fully saturated rings. The predicted octanol–water partition coefficient (Wildman–Crippen LogP) is 4.25. The number of nitrogens with one attached hydrogen (secondary N) is 1. The maximum Gasteiger partial charge on any atom is 0.259 e. The van der Waals surface area contributed by atoms with E-state index in [0.717, 1.165) is 0 Å². The molecule has 2 aromatic rings. The molecule has 1 N–H and O–H groups in total. The van der Waals surface area contributed by atoms with Gasteiger partial charge >= 0.3 is 0 Å². The van der Waals surface area contributed by atoms with E-state index >= 15 is 0 Å². The van der Waals surface area contributed by atoms with Gasteiger partial charge in [0.2, 0.25) is 0 Å². The molecule has 0 bridgehead atoms. The fourth-order valence-corrected chi connectivity index (χ4v) is 1.90. The molecule has 0 spiro atoms. The second-order valence-electron chi connectivity index (χ2n) is 3.78. The zero-order chi connectivity index (χ0) is 13.8. The Bertz CT molecular complexity index is 614. The van der Waals surface area contributed by atoms with Crippen molar-refractivity contribution in [1.29, 1.82) is 0 Å². The summed E-state index contributed by atoms with van der Waals surface area (Å²) in [6, 6.07) is 11.9. The molecule has 0 aromatic heterocycles. The first-order chi connectivity index (χ1) is 9.11. The fraction of sp³-hybridized carbons (Fsp3) is 0.0714. The minimum atomic E-state index is -0.268. The molecule has 19 heavy (non-hydrogen) atoms. The molecule has 2 aromatic carbocycles. The van der Waals surface area contributed by atoms with Crippen LogP contribution in [0.4, 0.5) is 5.69 Å². The van der Waals surface area contributed by atoms with Crippen LogP contribution in [0.5, 0.6) is 5.75 Å². The Hall–Kier alpha value is -1.71. The summed E-state index contributed by atoms with van der Waals surface area (Å²) >= 11 is 11.7. The summed E-state index contributed by atoms with van der Waals surface area (Å²) < 4.78 is 5.14. The minimum Gasteiger partial charge on any atom is -0.496 e. The molecule has 2 rings (SSSR count). The van der Waals surface area contributed by atoms with Gasteiger partial charge in [0, 0.05) is 5.69 Å². The summed E-state index contributed by atoms with van der Waals surface area (Å²) in [6.45, 7) is 0. The number of amides is 1. The smallest absolute Gasteiger partial charge is 0.259 e. The van der Waals surface area contributed by atoms with E-state index in [0.29, 0.717) is 27.0 Å². The van der Waals surface area contributed by atoms with Crippen molar-refractivity contribution in [3.05, 3.63) is 58.1 Å². The van der Waals surface area contributed by atoms with Gasteiger partial charge in [0.25, 0.3) is 5.91 Å². The number of para-hydroxylation sites is 1.